The largest absolute Gasteiger partial charge is 0.338 e. The molecule has 4 saturated carbocycles. The molecule has 0 radical (unpaired) electrons. The normalized spacial score (nSPS) is 38.0. The highest BCUT2D eigenvalue weighted by Crippen LogP contribution is 2.55. The maximum absolute atomic E-state index is 12.1. The third-order valence-corrected chi connectivity index (χ3v) is 6.07. The first-order valence-electron chi connectivity index (χ1n) is 8.31. The molecule has 0 aromatic heterocycles. The Balaban J connectivity index is 1.44. The van der Waals surface area contributed by atoms with Gasteiger partial charge >= 0.3 is 6.03 Å². The van der Waals surface area contributed by atoms with E-state index in [1.165, 1.54) is 51.4 Å². The number of hydrogen-bond acceptors (Lipinski definition) is 1. The molecule has 4 aliphatic rings. The van der Waals surface area contributed by atoms with Crippen LogP contribution in [-0.4, -0.2) is 23.4 Å². The average molecular weight is 343 g/mol. The van der Waals surface area contributed by atoms with Gasteiger partial charge in [0.15, 0.2) is 0 Å². The number of nitrogens with one attached hydrogen (secondary N) is 2. The zero-order valence-corrected chi connectivity index (χ0v) is 13.9. The number of urea groups is 1. The van der Waals surface area contributed by atoms with Crippen molar-refractivity contribution in [1.82, 2.24) is 10.6 Å². The number of rotatable bonds is 6. The Hall–Kier alpha value is -0.250. The molecule has 0 aliphatic heterocycles. The van der Waals surface area contributed by atoms with Gasteiger partial charge in [-0.15, -0.1) is 0 Å². The zero-order chi connectivity index (χ0) is 14.0. The monoisotopic (exact) mass is 342 g/mol. The molecule has 0 aromatic rings. The molecule has 4 bridgehead atoms. The molecule has 4 fully saturated rings. The van der Waals surface area contributed by atoms with Crippen molar-refractivity contribution in [3.05, 3.63) is 0 Å². The van der Waals surface area contributed by atoms with E-state index in [4.69, 9.17) is 0 Å². The molecule has 0 heterocycles. The van der Waals surface area contributed by atoms with Crippen LogP contribution in [0, 0.1) is 17.8 Å². The second kappa shape index (κ2) is 6.25. The van der Waals surface area contributed by atoms with Gasteiger partial charge in [0.1, 0.15) is 0 Å². The number of hydrogen-bond donors (Lipinski definition) is 2. The molecule has 4 aliphatic carbocycles. The molecule has 20 heavy (non-hydrogen) atoms. The van der Waals surface area contributed by atoms with E-state index in [9.17, 15) is 4.79 Å². The van der Waals surface area contributed by atoms with Crippen LogP contribution in [0.1, 0.15) is 57.8 Å². The van der Waals surface area contributed by atoms with Crippen molar-refractivity contribution < 1.29 is 4.79 Å². The van der Waals surface area contributed by atoms with Crippen LogP contribution in [0.25, 0.3) is 0 Å². The molecule has 0 atom stereocenters. The Morgan fingerprint density at radius 3 is 2.15 bits per heavy atom. The van der Waals surface area contributed by atoms with Crippen molar-refractivity contribution in [2.75, 3.05) is 11.9 Å². The minimum Gasteiger partial charge on any atom is -0.338 e. The van der Waals surface area contributed by atoms with Crippen LogP contribution in [0.4, 0.5) is 4.79 Å². The maximum atomic E-state index is 12.1. The van der Waals surface area contributed by atoms with Crippen LogP contribution >= 0.6 is 15.9 Å². The van der Waals surface area contributed by atoms with Crippen molar-refractivity contribution in [2.24, 2.45) is 17.8 Å². The van der Waals surface area contributed by atoms with Gasteiger partial charge < -0.3 is 10.6 Å². The van der Waals surface area contributed by atoms with E-state index in [0.29, 0.717) is 0 Å². The van der Waals surface area contributed by atoms with E-state index in [-0.39, 0.29) is 11.6 Å². The van der Waals surface area contributed by atoms with Gasteiger partial charge in [-0.1, -0.05) is 22.4 Å². The predicted molar refractivity (Wildman–Crippen MR) is 85.1 cm³/mol. The lowest BCUT2D eigenvalue weighted by molar-refractivity contribution is -0.0135. The fourth-order valence-corrected chi connectivity index (χ4v) is 5.54. The highest BCUT2D eigenvalue weighted by molar-refractivity contribution is 9.09. The highest BCUT2D eigenvalue weighted by Gasteiger charge is 2.51. The highest BCUT2D eigenvalue weighted by atomic mass is 79.9. The van der Waals surface area contributed by atoms with Crippen molar-refractivity contribution in [2.45, 2.75) is 63.3 Å². The summed E-state index contributed by atoms with van der Waals surface area (Å²) in [5.74, 6) is 2.67. The molecule has 4 heteroatoms. The second-order valence-electron chi connectivity index (χ2n) is 7.33. The predicted octanol–water partition coefficient (Wildman–Crippen LogP) is 3.82. The molecule has 0 unspecified atom stereocenters. The summed E-state index contributed by atoms with van der Waals surface area (Å²) in [6.45, 7) is 0.811. The summed E-state index contributed by atoms with van der Waals surface area (Å²) in [5, 5.41) is 7.47. The summed E-state index contributed by atoms with van der Waals surface area (Å²) in [7, 11) is 0. The fourth-order valence-electron chi connectivity index (χ4n) is 5.15. The van der Waals surface area contributed by atoms with Crippen LogP contribution in [0.3, 0.4) is 0 Å². The van der Waals surface area contributed by atoms with Crippen molar-refractivity contribution in [3.8, 4) is 0 Å². The van der Waals surface area contributed by atoms with Crippen LogP contribution in [-0.2, 0) is 0 Å². The molecular weight excluding hydrogens is 316 g/mol. The van der Waals surface area contributed by atoms with E-state index in [1.54, 1.807) is 0 Å². The van der Waals surface area contributed by atoms with E-state index in [0.717, 1.165) is 36.0 Å². The fraction of sp³-hybridized carbons (Fsp3) is 0.938. The van der Waals surface area contributed by atoms with Gasteiger partial charge in [-0.2, -0.15) is 0 Å². The van der Waals surface area contributed by atoms with Crippen LogP contribution in [0.5, 0.6) is 0 Å². The Kier molecular flexibility index (Phi) is 4.58. The number of halogens is 1. The first-order chi connectivity index (χ1) is 9.69. The van der Waals surface area contributed by atoms with Gasteiger partial charge in [-0.05, 0) is 69.1 Å². The standard InChI is InChI=1S/C16H27BrN2O/c17-4-2-1-3-5-18-15(20)19-16-9-12-6-13(10-16)8-14(7-12)11-16/h12-14H,1-11H2,(H2,18,19,20). The lowest BCUT2D eigenvalue weighted by atomic mass is 9.53. The van der Waals surface area contributed by atoms with Crippen molar-refractivity contribution in [3.63, 3.8) is 0 Å². The minimum atomic E-state index is 0.0748. The lowest BCUT2D eigenvalue weighted by Crippen LogP contribution is -2.61. The summed E-state index contributed by atoms with van der Waals surface area (Å²) in [5.41, 5.74) is 0.148. The van der Waals surface area contributed by atoms with Gasteiger partial charge in [0.05, 0.1) is 0 Å². The average Bonchev–Trinajstić information content (AvgIpc) is 2.36. The molecule has 3 nitrogen and oxygen atoms in total. The first-order valence-corrected chi connectivity index (χ1v) is 9.43. The quantitative estimate of drug-likeness (QED) is 0.559. The van der Waals surface area contributed by atoms with Gasteiger partial charge in [-0.25, -0.2) is 4.79 Å². The third-order valence-electron chi connectivity index (χ3n) is 5.51. The summed E-state index contributed by atoms with van der Waals surface area (Å²) < 4.78 is 0. The van der Waals surface area contributed by atoms with Gasteiger partial charge in [-0.3, -0.25) is 0 Å². The molecular formula is C16H27BrN2O. The zero-order valence-electron chi connectivity index (χ0n) is 12.3. The number of amides is 2. The Morgan fingerprint density at radius 1 is 1.00 bits per heavy atom. The summed E-state index contributed by atoms with van der Waals surface area (Å²) in [6, 6.07) is 0.0748. The lowest BCUT2D eigenvalue weighted by Gasteiger charge is -2.56. The molecule has 0 saturated heterocycles. The van der Waals surface area contributed by atoms with E-state index in [2.05, 4.69) is 26.6 Å². The first kappa shape index (κ1) is 14.7. The van der Waals surface area contributed by atoms with Gasteiger partial charge in [0, 0.05) is 17.4 Å². The van der Waals surface area contributed by atoms with Crippen LogP contribution in [0.15, 0.2) is 0 Å². The van der Waals surface area contributed by atoms with Crippen molar-refractivity contribution >= 4 is 22.0 Å². The summed E-state index contributed by atoms with van der Waals surface area (Å²) in [4.78, 5) is 12.1. The number of alkyl halides is 1. The molecule has 2 amide bonds. The van der Waals surface area contributed by atoms with Crippen LogP contribution < -0.4 is 10.6 Å². The van der Waals surface area contributed by atoms with Crippen LogP contribution in [0.2, 0.25) is 0 Å². The third kappa shape index (κ3) is 3.32. The molecule has 0 aromatic carbocycles. The smallest absolute Gasteiger partial charge is 0.315 e. The van der Waals surface area contributed by atoms with Crippen molar-refractivity contribution in [1.29, 1.82) is 0 Å². The molecule has 4 rings (SSSR count). The van der Waals surface area contributed by atoms with E-state index >= 15 is 0 Å². The second-order valence-corrected chi connectivity index (χ2v) is 8.12. The Morgan fingerprint density at radius 2 is 1.60 bits per heavy atom. The van der Waals surface area contributed by atoms with Gasteiger partial charge in [0.25, 0.3) is 0 Å². The van der Waals surface area contributed by atoms with E-state index < -0.39 is 0 Å². The molecule has 114 valence electrons. The topological polar surface area (TPSA) is 41.1 Å². The summed E-state index contributed by atoms with van der Waals surface area (Å²) >= 11 is 3.43. The summed E-state index contributed by atoms with van der Waals surface area (Å²) in [6.07, 6.45) is 11.4. The molecule has 2 N–H and O–H groups in total. The van der Waals surface area contributed by atoms with Gasteiger partial charge in [0.2, 0.25) is 0 Å². The number of carbonyl (C=O) groups is 1. The Labute approximate surface area is 130 Å². The molecule has 0 spiro atoms. The SMILES string of the molecule is O=C(NCCCCCBr)NC12CC3CC(CC(C3)C1)C2. The Bertz CT molecular complexity index is 323. The minimum absolute atomic E-state index is 0.0748. The number of unbranched alkanes of at least 4 members (excludes halogenated alkanes) is 2. The maximum Gasteiger partial charge on any atom is 0.315 e. The number of carbonyl (C=O) groups excluding carboxylic acids is 1. The van der Waals surface area contributed by atoms with E-state index in [1.807, 2.05) is 0 Å².